The minimum Gasteiger partial charge on any atom is -0.444 e. The van der Waals surface area contributed by atoms with Crippen molar-refractivity contribution in [2.45, 2.75) is 39.4 Å². The molecule has 0 radical (unpaired) electrons. The van der Waals surface area contributed by atoms with Crippen LogP contribution in [-0.4, -0.2) is 60.6 Å². The minimum atomic E-state index is -0.564. The van der Waals surface area contributed by atoms with Gasteiger partial charge in [-0.3, -0.25) is 9.59 Å². The molecule has 26 heavy (non-hydrogen) atoms. The van der Waals surface area contributed by atoms with Crippen LogP contribution in [0.15, 0.2) is 24.3 Å². The maximum Gasteiger partial charge on any atom is 0.407 e. The van der Waals surface area contributed by atoms with E-state index in [0.29, 0.717) is 30.8 Å². The fourth-order valence-corrected chi connectivity index (χ4v) is 2.57. The molecule has 0 aromatic heterocycles. The average molecular weight is 362 g/mol. The first-order chi connectivity index (χ1) is 12.2. The molecule has 142 valence electrons. The van der Waals surface area contributed by atoms with Gasteiger partial charge in [0.1, 0.15) is 5.60 Å². The summed E-state index contributed by atoms with van der Waals surface area (Å²) in [6.45, 7) is 8.39. The van der Waals surface area contributed by atoms with Crippen LogP contribution in [0.25, 0.3) is 0 Å². The van der Waals surface area contributed by atoms with Gasteiger partial charge in [-0.2, -0.15) is 0 Å². The van der Waals surface area contributed by atoms with Gasteiger partial charge in [0.25, 0.3) is 5.91 Å². The number of carbonyl (C=O) groups is 3. The van der Waals surface area contributed by atoms with Crippen molar-refractivity contribution in [2.75, 3.05) is 26.2 Å². The van der Waals surface area contributed by atoms with Gasteiger partial charge >= 0.3 is 6.09 Å². The third-order valence-electron chi connectivity index (χ3n) is 3.84. The van der Waals surface area contributed by atoms with Crippen LogP contribution in [0.4, 0.5) is 4.79 Å². The summed E-state index contributed by atoms with van der Waals surface area (Å²) in [5, 5.41) is 2.67. The summed E-state index contributed by atoms with van der Waals surface area (Å²) in [6, 6.07) is 6.61. The van der Waals surface area contributed by atoms with Crippen molar-refractivity contribution in [3.63, 3.8) is 0 Å². The fraction of sp³-hybridized carbons (Fsp3) is 0.526. The lowest BCUT2D eigenvalue weighted by molar-refractivity contribution is -0.0218. The van der Waals surface area contributed by atoms with E-state index >= 15 is 0 Å². The molecule has 0 spiro atoms. The summed E-state index contributed by atoms with van der Waals surface area (Å²) in [5.41, 5.74) is 0.532. The van der Waals surface area contributed by atoms with Gasteiger partial charge in [-0.1, -0.05) is 12.1 Å². The molecule has 1 heterocycles. The Morgan fingerprint density at radius 2 is 1.81 bits per heavy atom. The number of hydrogen-bond donors (Lipinski definition) is 1. The second kappa shape index (κ2) is 8.31. The Kier molecular flexibility index (Phi) is 6.37. The SMILES string of the molecule is CC(=O)c1ccc(C(=O)N2CCOC(CNC(=O)OC(C)(C)C)C2)cc1. The Hall–Kier alpha value is -2.41. The van der Waals surface area contributed by atoms with Crippen LogP contribution in [0.1, 0.15) is 48.4 Å². The maximum atomic E-state index is 12.6. The molecule has 0 bridgehead atoms. The van der Waals surface area contributed by atoms with Crippen LogP contribution >= 0.6 is 0 Å². The molecule has 1 unspecified atom stereocenters. The molecule has 7 heteroatoms. The van der Waals surface area contributed by atoms with Crippen molar-refractivity contribution >= 4 is 17.8 Å². The molecular formula is C19H26N2O5. The van der Waals surface area contributed by atoms with Gasteiger partial charge in [0.05, 0.1) is 12.7 Å². The van der Waals surface area contributed by atoms with Crippen LogP contribution in [0.5, 0.6) is 0 Å². The summed E-state index contributed by atoms with van der Waals surface area (Å²) in [4.78, 5) is 37.4. The molecule has 1 fully saturated rings. The van der Waals surface area contributed by atoms with Gasteiger partial charge < -0.3 is 19.7 Å². The number of nitrogens with zero attached hydrogens (tertiary/aromatic N) is 1. The monoisotopic (exact) mass is 362 g/mol. The molecule has 1 aliphatic rings. The van der Waals surface area contributed by atoms with Gasteiger partial charge in [0.15, 0.2) is 5.78 Å². The quantitative estimate of drug-likeness (QED) is 0.831. The number of hydrogen-bond acceptors (Lipinski definition) is 5. The van der Waals surface area contributed by atoms with E-state index in [1.807, 2.05) is 0 Å². The van der Waals surface area contributed by atoms with E-state index in [2.05, 4.69) is 5.32 Å². The van der Waals surface area contributed by atoms with Gasteiger partial charge in [-0.15, -0.1) is 0 Å². The molecule has 1 aromatic carbocycles. The maximum absolute atomic E-state index is 12.6. The number of amides is 2. The Morgan fingerprint density at radius 3 is 2.38 bits per heavy atom. The Morgan fingerprint density at radius 1 is 1.19 bits per heavy atom. The lowest BCUT2D eigenvalue weighted by Gasteiger charge is -2.33. The highest BCUT2D eigenvalue weighted by Crippen LogP contribution is 2.13. The number of benzene rings is 1. The highest BCUT2D eigenvalue weighted by molar-refractivity contribution is 5.97. The lowest BCUT2D eigenvalue weighted by atomic mass is 10.1. The second-order valence-corrected chi connectivity index (χ2v) is 7.26. The molecule has 2 amide bonds. The number of morpholine rings is 1. The van der Waals surface area contributed by atoms with E-state index in [9.17, 15) is 14.4 Å². The van der Waals surface area contributed by atoms with Crippen molar-refractivity contribution in [1.29, 1.82) is 0 Å². The highest BCUT2D eigenvalue weighted by atomic mass is 16.6. The molecule has 1 atom stereocenters. The number of ether oxygens (including phenoxy) is 2. The predicted molar refractivity (Wildman–Crippen MR) is 96.3 cm³/mol. The Balaban J connectivity index is 1.89. The molecule has 1 aliphatic heterocycles. The molecule has 1 aromatic rings. The van der Waals surface area contributed by atoms with Gasteiger partial charge in [0, 0.05) is 30.8 Å². The summed E-state index contributed by atoms with van der Waals surface area (Å²) in [7, 11) is 0. The topological polar surface area (TPSA) is 84.9 Å². The molecule has 2 rings (SSSR count). The smallest absolute Gasteiger partial charge is 0.407 e. The highest BCUT2D eigenvalue weighted by Gasteiger charge is 2.26. The first-order valence-corrected chi connectivity index (χ1v) is 8.64. The Labute approximate surface area is 153 Å². The zero-order valence-corrected chi connectivity index (χ0v) is 15.7. The predicted octanol–water partition coefficient (Wildman–Crippen LogP) is 2.25. The summed E-state index contributed by atoms with van der Waals surface area (Å²) in [6.07, 6.45) is -0.805. The second-order valence-electron chi connectivity index (χ2n) is 7.26. The standard InChI is InChI=1S/C19H26N2O5/c1-13(22)14-5-7-15(8-6-14)17(23)21-9-10-25-16(12-21)11-20-18(24)26-19(2,3)4/h5-8,16H,9-12H2,1-4H3,(H,20,24). The van der Waals surface area contributed by atoms with Crippen LogP contribution in [0, 0.1) is 0 Å². The van der Waals surface area contributed by atoms with E-state index in [-0.39, 0.29) is 24.3 Å². The van der Waals surface area contributed by atoms with Crippen LogP contribution in [0.3, 0.4) is 0 Å². The van der Waals surface area contributed by atoms with Crippen molar-refractivity contribution in [3.8, 4) is 0 Å². The van der Waals surface area contributed by atoms with Crippen LogP contribution in [-0.2, 0) is 9.47 Å². The van der Waals surface area contributed by atoms with E-state index in [1.54, 1.807) is 49.9 Å². The normalized spacial score (nSPS) is 17.5. The van der Waals surface area contributed by atoms with Gasteiger partial charge in [-0.05, 0) is 39.8 Å². The minimum absolute atomic E-state index is 0.0383. The van der Waals surface area contributed by atoms with Crippen LogP contribution < -0.4 is 5.32 Å². The van der Waals surface area contributed by atoms with Gasteiger partial charge in [0.2, 0.25) is 0 Å². The average Bonchev–Trinajstić information content (AvgIpc) is 2.58. The molecule has 1 saturated heterocycles. The summed E-state index contributed by atoms with van der Waals surface area (Å²) >= 11 is 0. The zero-order chi connectivity index (χ0) is 19.3. The number of carbonyl (C=O) groups excluding carboxylic acids is 3. The van der Waals surface area contributed by atoms with Gasteiger partial charge in [-0.25, -0.2) is 4.79 Å². The van der Waals surface area contributed by atoms with E-state index in [0.717, 1.165) is 0 Å². The Bertz CT molecular complexity index is 664. The zero-order valence-electron chi connectivity index (χ0n) is 15.7. The summed E-state index contributed by atoms with van der Waals surface area (Å²) in [5.74, 6) is -0.158. The van der Waals surface area contributed by atoms with Crippen molar-refractivity contribution in [3.05, 3.63) is 35.4 Å². The molecule has 0 saturated carbocycles. The van der Waals surface area contributed by atoms with E-state index in [1.165, 1.54) is 6.92 Å². The largest absolute Gasteiger partial charge is 0.444 e. The number of rotatable bonds is 4. The molecule has 1 N–H and O–H groups in total. The van der Waals surface area contributed by atoms with Crippen LogP contribution in [0.2, 0.25) is 0 Å². The number of Topliss-reactive ketones (excluding diaryl/α,β-unsaturated/α-hetero) is 1. The molecule has 7 nitrogen and oxygen atoms in total. The first-order valence-electron chi connectivity index (χ1n) is 8.64. The van der Waals surface area contributed by atoms with Crippen molar-refractivity contribution < 1.29 is 23.9 Å². The third-order valence-corrected chi connectivity index (χ3v) is 3.84. The molecule has 0 aliphatic carbocycles. The third kappa shape index (κ3) is 5.84. The molecular weight excluding hydrogens is 336 g/mol. The van der Waals surface area contributed by atoms with Crippen molar-refractivity contribution in [2.24, 2.45) is 0 Å². The number of ketones is 1. The van der Waals surface area contributed by atoms with E-state index < -0.39 is 11.7 Å². The number of alkyl carbamates (subject to hydrolysis) is 1. The fourth-order valence-electron chi connectivity index (χ4n) is 2.57. The van der Waals surface area contributed by atoms with E-state index in [4.69, 9.17) is 9.47 Å². The number of nitrogens with one attached hydrogen (secondary N) is 1. The van der Waals surface area contributed by atoms with Crippen molar-refractivity contribution in [1.82, 2.24) is 10.2 Å². The first kappa shape index (κ1) is 19.9. The summed E-state index contributed by atoms with van der Waals surface area (Å²) < 4.78 is 10.8. The lowest BCUT2D eigenvalue weighted by Crippen LogP contribution is -2.50.